The number of aliphatic carboxylic acids is 1. The molecule has 2 N–H and O–H groups in total. The van der Waals surface area contributed by atoms with Crippen LogP contribution in [0.15, 0.2) is 47.2 Å². The Balaban J connectivity index is 1.31. The van der Waals surface area contributed by atoms with Crippen LogP contribution in [0.2, 0.25) is 0 Å². The van der Waals surface area contributed by atoms with Crippen LogP contribution in [0.5, 0.6) is 0 Å². The third kappa shape index (κ3) is 6.57. The van der Waals surface area contributed by atoms with Gasteiger partial charge in [-0.15, -0.1) is 0 Å². The number of amides is 1. The number of hydrogen-bond donors (Lipinski definition) is 2. The van der Waals surface area contributed by atoms with Crippen molar-refractivity contribution in [1.82, 2.24) is 25.1 Å². The number of fused-ring (bicyclic) bond motifs is 1. The maximum atomic E-state index is 13.6. The molecule has 1 aliphatic carbocycles. The predicted octanol–water partition coefficient (Wildman–Crippen LogP) is 3.42. The number of hydrogen-bond acceptors (Lipinski definition) is 7. The Kier molecular flexibility index (Phi) is 8.41. The van der Waals surface area contributed by atoms with Crippen LogP contribution in [-0.2, 0) is 22.4 Å². The number of nitrogens with zero attached hydrogens (tertiary/aromatic N) is 5. The number of benzene rings is 1. The average molecular weight is 533 g/mol. The Morgan fingerprint density at radius 1 is 1.03 bits per heavy atom. The first kappa shape index (κ1) is 26.7. The molecular weight excluding hydrogens is 499 g/mol. The number of rotatable bonds is 9. The molecule has 5 rings (SSSR count). The molecule has 1 aromatic carbocycles. The number of unbranched alkanes of at least 4 members (excludes halogenated alkanes) is 2. The molecule has 1 aromatic heterocycles. The lowest BCUT2D eigenvalue weighted by Crippen LogP contribution is -2.56. The standard InChI is InChI=1S/C29H33FN6O3/c30-22-9-6-20(7-10-22)28-24(4-2-1-3-5-27(37)38)33-25-18-21(8-11-23(25)34-28)29(39)36-16-14-35(15-17-36)26-19-31-12-13-32-26/h6-7,9-10,12-13,18-19,26,32H,1-5,8,11,14-17H2,(H,37,38). The number of nitrogens with one attached hydrogen (secondary N) is 1. The summed E-state index contributed by atoms with van der Waals surface area (Å²) in [5.41, 5.74) is 4.59. The van der Waals surface area contributed by atoms with Crippen molar-refractivity contribution < 1.29 is 19.1 Å². The third-order valence-electron chi connectivity index (χ3n) is 7.36. The van der Waals surface area contributed by atoms with E-state index in [-0.39, 0.29) is 24.3 Å². The van der Waals surface area contributed by atoms with Gasteiger partial charge >= 0.3 is 5.97 Å². The number of carbonyl (C=O) groups is 2. The minimum Gasteiger partial charge on any atom is -0.481 e. The molecule has 1 unspecified atom stereocenters. The monoisotopic (exact) mass is 532 g/mol. The van der Waals surface area contributed by atoms with Crippen molar-refractivity contribution in [3.8, 4) is 11.3 Å². The predicted molar refractivity (Wildman–Crippen MR) is 146 cm³/mol. The fourth-order valence-corrected chi connectivity index (χ4v) is 5.20. The quantitative estimate of drug-likeness (QED) is 0.476. The molecule has 1 saturated heterocycles. The highest BCUT2D eigenvalue weighted by molar-refractivity contribution is 5.98. The molecule has 0 spiro atoms. The van der Waals surface area contributed by atoms with Gasteiger partial charge < -0.3 is 15.3 Å². The fraction of sp³-hybridized carbons (Fsp3) is 0.414. The highest BCUT2D eigenvalue weighted by atomic mass is 19.1. The molecule has 204 valence electrons. The lowest BCUT2D eigenvalue weighted by molar-refractivity contribution is -0.137. The summed E-state index contributed by atoms with van der Waals surface area (Å²) in [6, 6.07) is 6.24. The Labute approximate surface area is 227 Å². The fourth-order valence-electron chi connectivity index (χ4n) is 5.20. The van der Waals surface area contributed by atoms with Gasteiger partial charge in [0.2, 0.25) is 5.91 Å². The van der Waals surface area contributed by atoms with E-state index in [4.69, 9.17) is 15.1 Å². The molecule has 0 saturated carbocycles. The van der Waals surface area contributed by atoms with Crippen LogP contribution < -0.4 is 5.32 Å². The summed E-state index contributed by atoms with van der Waals surface area (Å²) in [5.74, 6) is -1.06. The van der Waals surface area contributed by atoms with Gasteiger partial charge in [-0.2, -0.15) is 0 Å². The normalized spacial score (nSPS) is 18.8. The van der Waals surface area contributed by atoms with Crippen LogP contribution in [0, 0.1) is 5.82 Å². The summed E-state index contributed by atoms with van der Waals surface area (Å²) < 4.78 is 13.6. The van der Waals surface area contributed by atoms with E-state index in [0.717, 1.165) is 54.1 Å². The smallest absolute Gasteiger partial charge is 0.303 e. The van der Waals surface area contributed by atoms with E-state index >= 15 is 0 Å². The topological polar surface area (TPSA) is 111 Å². The first-order chi connectivity index (χ1) is 19.0. The second-order valence-electron chi connectivity index (χ2n) is 10.0. The van der Waals surface area contributed by atoms with Gasteiger partial charge in [0.1, 0.15) is 12.0 Å². The Morgan fingerprint density at radius 2 is 1.82 bits per heavy atom. The van der Waals surface area contributed by atoms with E-state index in [0.29, 0.717) is 44.5 Å². The Morgan fingerprint density at radius 3 is 2.54 bits per heavy atom. The first-order valence-corrected chi connectivity index (χ1v) is 13.5. The SMILES string of the molecule is O=C(O)CCCCCc1nc2c(nc1-c1ccc(F)cc1)CCC(C(=O)N1CCN(C3C=NC=CN3)CC1)=C2. The van der Waals surface area contributed by atoms with Crippen molar-refractivity contribution in [2.75, 3.05) is 26.2 Å². The molecule has 0 bridgehead atoms. The van der Waals surface area contributed by atoms with Crippen molar-refractivity contribution in [2.45, 2.75) is 51.1 Å². The van der Waals surface area contributed by atoms with E-state index in [9.17, 15) is 14.0 Å². The molecule has 2 aliphatic heterocycles. The Bertz CT molecular complexity index is 1300. The number of aryl methyl sites for hydroxylation is 2. The summed E-state index contributed by atoms with van der Waals surface area (Å²) in [6.07, 6.45) is 11.5. The molecule has 1 fully saturated rings. The highest BCUT2D eigenvalue weighted by Gasteiger charge is 2.29. The van der Waals surface area contributed by atoms with Crippen molar-refractivity contribution in [3.05, 3.63) is 65.1 Å². The number of carboxylic acids is 1. The molecule has 3 aliphatic rings. The number of halogens is 1. The van der Waals surface area contributed by atoms with Crippen LogP contribution in [0.1, 0.15) is 49.2 Å². The van der Waals surface area contributed by atoms with Crippen molar-refractivity contribution in [1.29, 1.82) is 0 Å². The van der Waals surface area contributed by atoms with Gasteiger partial charge in [0.05, 0.1) is 22.8 Å². The van der Waals surface area contributed by atoms with E-state index in [1.165, 1.54) is 12.1 Å². The number of carboxylic acid groups (broad SMARTS) is 1. The highest BCUT2D eigenvalue weighted by Crippen LogP contribution is 2.29. The summed E-state index contributed by atoms with van der Waals surface area (Å²) in [7, 11) is 0. The first-order valence-electron chi connectivity index (χ1n) is 13.5. The largest absolute Gasteiger partial charge is 0.481 e. The second-order valence-corrected chi connectivity index (χ2v) is 10.0. The number of aromatic nitrogens is 2. The number of aliphatic imine (C=N–C) groups is 1. The van der Waals surface area contributed by atoms with Crippen LogP contribution in [0.3, 0.4) is 0 Å². The minimum atomic E-state index is -0.795. The van der Waals surface area contributed by atoms with E-state index in [1.807, 2.05) is 23.4 Å². The van der Waals surface area contributed by atoms with Gasteiger partial charge in [-0.1, -0.05) is 6.42 Å². The molecule has 9 nitrogen and oxygen atoms in total. The molecular formula is C29H33FN6O3. The van der Waals surface area contributed by atoms with Crippen LogP contribution >= 0.6 is 0 Å². The van der Waals surface area contributed by atoms with Gasteiger partial charge in [-0.25, -0.2) is 14.4 Å². The number of piperazine rings is 1. The lowest BCUT2D eigenvalue weighted by Gasteiger charge is -2.38. The van der Waals surface area contributed by atoms with Crippen molar-refractivity contribution in [3.63, 3.8) is 0 Å². The van der Waals surface area contributed by atoms with E-state index in [2.05, 4.69) is 15.2 Å². The van der Waals surface area contributed by atoms with Gasteiger partial charge in [0.15, 0.2) is 0 Å². The molecule has 39 heavy (non-hydrogen) atoms. The molecule has 1 amide bonds. The summed E-state index contributed by atoms with van der Waals surface area (Å²) in [4.78, 5) is 42.5. The number of carbonyl (C=O) groups excluding carboxylic acids is 1. The zero-order valence-corrected chi connectivity index (χ0v) is 21.9. The van der Waals surface area contributed by atoms with Crippen molar-refractivity contribution in [2.24, 2.45) is 4.99 Å². The molecule has 2 aromatic rings. The van der Waals surface area contributed by atoms with E-state index in [1.54, 1.807) is 18.3 Å². The van der Waals surface area contributed by atoms with Gasteiger partial charge in [0.25, 0.3) is 0 Å². The zero-order chi connectivity index (χ0) is 27.2. The lowest BCUT2D eigenvalue weighted by atomic mass is 9.96. The summed E-state index contributed by atoms with van der Waals surface area (Å²) in [6.45, 7) is 2.82. The molecule has 3 heterocycles. The van der Waals surface area contributed by atoms with E-state index < -0.39 is 5.97 Å². The maximum Gasteiger partial charge on any atom is 0.303 e. The van der Waals surface area contributed by atoms with Crippen LogP contribution in [0.25, 0.3) is 17.3 Å². The Hall–Kier alpha value is -3.92. The second kappa shape index (κ2) is 12.3. The molecule has 1 atom stereocenters. The zero-order valence-electron chi connectivity index (χ0n) is 21.9. The van der Waals surface area contributed by atoms with Crippen LogP contribution in [-0.4, -0.2) is 75.3 Å². The van der Waals surface area contributed by atoms with Crippen molar-refractivity contribution >= 4 is 24.2 Å². The summed E-state index contributed by atoms with van der Waals surface area (Å²) in [5, 5.41) is 12.2. The van der Waals surface area contributed by atoms with Gasteiger partial charge in [-0.3, -0.25) is 19.5 Å². The van der Waals surface area contributed by atoms with Crippen LogP contribution in [0.4, 0.5) is 4.39 Å². The average Bonchev–Trinajstić information content (AvgIpc) is 2.97. The summed E-state index contributed by atoms with van der Waals surface area (Å²) >= 11 is 0. The molecule has 0 radical (unpaired) electrons. The minimum absolute atomic E-state index is 0.0464. The third-order valence-corrected chi connectivity index (χ3v) is 7.36. The maximum absolute atomic E-state index is 13.6. The van der Waals surface area contributed by atoms with Gasteiger partial charge in [-0.05, 0) is 62.4 Å². The van der Waals surface area contributed by atoms with Gasteiger partial charge in [0, 0.05) is 62.4 Å². The molecule has 10 heteroatoms.